The number of aliphatic hydroxyl groups excluding tert-OH is 1. The number of benzene rings is 2. The third-order valence-corrected chi connectivity index (χ3v) is 4.83. The Hall–Kier alpha value is -3.55. The number of hydrogen-bond donors (Lipinski definition) is 2. The maximum atomic E-state index is 11.1. The molecule has 1 aliphatic heterocycles. The second kappa shape index (κ2) is 7.59. The van der Waals surface area contributed by atoms with Crippen molar-refractivity contribution < 1.29 is 9.84 Å². The first-order valence-electron chi connectivity index (χ1n) is 8.81. The van der Waals surface area contributed by atoms with Crippen molar-refractivity contribution in [1.82, 2.24) is 4.90 Å². The first-order valence-corrected chi connectivity index (χ1v) is 8.81. The molecule has 3 N–H and O–H groups in total. The Labute approximate surface area is 163 Å². The summed E-state index contributed by atoms with van der Waals surface area (Å²) in [6, 6.07) is 16.1. The van der Waals surface area contributed by atoms with E-state index in [2.05, 4.69) is 11.1 Å². The molecule has 2 aromatic rings. The predicted molar refractivity (Wildman–Crippen MR) is 104 cm³/mol. The van der Waals surface area contributed by atoms with Crippen LogP contribution in [0.3, 0.4) is 0 Å². The number of rotatable bonds is 3. The fraction of sp³-hybridized carbons (Fsp3) is 0.286. The second-order valence-electron chi connectivity index (χ2n) is 7.14. The van der Waals surface area contributed by atoms with Gasteiger partial charge in [-0.05, 0) is 37.6 Å². The molecule has 3 rings (SSSR count). The summed E-state index contributed by atoms with van der Waals surface area (Å²) >= 11 is 0. The molecule has 28 heavy (non-hydrogen) atoms. The van der Waals surface area contributed by atoms with Gasteiger partial charge in [-0.2, -0.15) is 10.5 Å². The molecular weight excluding hydrogens is 354 g/mol. The predicted octanol–water partition coefficient (Wildman–Crippen LogP) is 2.43. The Kier molecular flexibility index (Phi) is 5.21. The average molecular weight is 375 g/mol. The second-order valence-corrected chi connectivity index (χ2v) is 7.14. The molecule has 0 saturated carbocycles. The molecule has 142 valence electrons. The fourth-order valence-electron chi connectivity index (χ4n) is 3.39. The lowest BCUT2D eigenvalue weighted by Crippen LogP contribution is -2.55. The number of ether oxygens (including phenoxy) is 1. The van der Waals surface area contributed by atoms with Crippen LogP contribution in [-0.2, 0) is 6.54 Å². The van der Waals surface area contributed by atoms with E-state index >= 15 is 0 Å². The molecule has 1 aliphatic rings. The fourth-order valence-corrected chi connectivity index (χ4v) is 3.39. The van der Waals surface area contributed by atoms with Gasteiger partial charge in [0.05, 0.1) is 17.7 Å². The van der Waals surface area contributed by atoms with E-state index < -0.39 is 17.7 Å². The van der Waals surface area contributed by atoms with Gasteiger partial charge in [-0.25, -0.2) is 0 Å². The Morgan fingerprint density at radius 1 is 1.25 bits per heavy atom. The number of aliphatic imine (C=N–C) groups is 1. The zero-order valence-corrected chi connectivity index (χ0v) is 15.7. The quantitative estimate of drug-likeness (QED) is 0.483. The van der Waals surface area contributed by atoms with E-state index in [1.807, 2.05) is 30.3 Å². The molecule has 2 atom stereocenters. The van der Waals surface area contributed by atoms with E-state index in [9.17, 15) is 10.4 Å². The number of aliphatic hydroxyl groups is 1. The topological polar surface area (TPSA) is 119 Å². The molecule has 0 fully saturated rings. The van der Waals surface area contributed by atoms with Crippen LogP contribution in [-0.4, -0.2) is 27.7 Å². The van der Waals surface area contributed by atoms with Gasteiger partial charge in [-0.1, -0.05) is 30.3 Å². The summed E-state index contributed by atoms with van der Waals surface area (Å²) in [7, 11) is 0. The van der Waals surface area contributed by atoms with Crippen LogP contribution < -0.4 is 10.5 Å². The summed E-state index contributed by atoms with van der Waals surface area (Å²) in [6.45, 7) is 3.89. The van der Waals surface area contributed by atoms with Crippen molar-refractivity contribution in [2.24, 2.45) is 10.7 Å². The normalized spacial score (nSPS) is 20.2. The highest BCUT2D eigenvalue weighted by atomic mass is 16.5. The van der Waals surface area contributed by atoms with Gasteiger partial charge in [-0.3, -0.25) is 0 Å². The number of guanidine groups is 1. The van der Waals surface area contributed by atoms with Gasteiger partial charge in [0, 0.05) is 12.1 Å². The number of nitriles is 2. The van der Waals surface area contributed by atoms with Gasteiger partial charge in [0.2, 0.25) is 12.2 Å². The molecule has 0 aromatic heterocycles. The zero-order chi connectivity index (χ0) is 20.3. The van der Waals surface area contributed by atoms with Crippen molar-refractivity contribution in [2.75, 3.05) is 0 Å². The lowest BCUT2D eigenvalue weighted by Gasteiger charge is -2.46. The molecule has 7 nitrogen and oxygen atoms in total. The van der Waals surface area contributed by atoms with Crippen LogP contribution in [0.1, 0.15) is 36.6 Å². The SMILES string of the molecule is CC1(C)Oc2ccc(C#N)cc2[C@H](N(Cc2ccccc2)C(N)=NC#N)[C@H]1O. The minimum absolute atomic E-state index is 0.0126. The lowest BCUT2D eigenvalue weighted by atomic mass is 9.85. The third-order valence-electron chi connectivity index (χ3n) is 4.83. The van der Waals surface area contributed by atoms with Gasteiger partial charge in [-0.15, -0.1) is 4.99 Å². The largest absolute Gasteiger partial charge is 0.485 e. The summed E-state index contributed by atoms with van der Waals surface area (Å²) in [6.07, 6.45) is 0.730. The van der Waals surface area contributed by atoms with Crippen molar-refractivity contribution in [3.63, 3.8) is 0 Å². The van der Waals surface area contributed by atoms with Crippen LogP contribution in [0.2, 0.25) is 0 Å². The molecule has 0 radical (unpaired) electrons. The van der Waals surface area contributed by atoms with Crippen molar-refractivity contribution in [3.8, 4) is 18.0 Å². The standard InChI is InChI=1S/C21H21N5O2/c1-21(2)19(27)18(16-10-15(11-22)8-9-17(16)28-21)26(20(24)25-13-23)12-14-6-4-3-5-7-14/h3-10,18-19,27H,12H2,1-2H3,(H2,24,25)/t18-,19+/m0/s1. The molecule has 7 heteroatoms. The monoisotopic (exact) mass is 375 g/mol. The van der Waals surface area contributed by atoms with E-state index in [0.29, 0.717) is 23.4 Å². The molecule has 0 bridgehead atoms. The molecule has 1 heterocycles. The molecule has 0 aliphatic carbocycles. The number of hydrogen-bond acceptors (Lipinski definition) is 5. The van der Waals surface area contributed by atoms with Gasteiger partial charge in [0.25, 0.3) is 0 Å². The van der Waals surface area contributed by atoms with Crippen LogP contribution >= 0.6 is 0 Å². The maximum absolute atomic E-state index is 11.1. The van der Waals surface area contributed by atoms with E-state index in [-0.39, 0.29) is 5.96 Å². The molecule has 2 aromatic carbocycles. The van der Waals surface area contributed by atoms with Crippen molar-refractivity contribution in [3.05, 3.63) is 65.2 Å². The first kappa shape index (κ1) is 19.2. The Morgan fingerprint density at radius 3 is 2.61 bits per heavy atom. The Bertz CT molecular complexity index is 973. The highest BCUT2D eigenvalue weighted by Crippen LogP contribution is 2.43. The van der Waals surface area contributed by atoms with Crippen LogP contribution in [0.4, 0.5) is 0 Å². The van der Waals surface area contributed by atoms with E-state index in [1.165, 1.54) is 0 Å². The maximum Gasteiger partial charge on any atom is 0.209 e. The molecule has 0 spiro atoms. The van der Waals surface area contributed by atoms with Gasteiger partial charge >= 0.3 is 0 Å². The Morgan fingerprint density at radius 2 is 1.96 bits per heavy atom. The summed E-state index contributed by atoms with van der Waals surface area (Å²) in [4.78, 5) is 5.38. The van der Waals surface area contributed by atoms with Gasteiger partial charge in [0.15, 0.2) is 0 Å². The highest BCUT2D eigenvalue weighted by molar-refractivity contribution is 5.80. The van der Waals surface area contributed by atoms with Crippen LogP contribution in [0.15, 0.2) is 53.5 Å². The van der Waals surface area contributed by atoms with E-state index in [4.69, 9.17) is 15.7 Å². The number of nitrogens with two attached hydrogens (primary N) is 1. The zero-order valence-electron chi connectivity index (χ0n) is 15.7. The smallest absolute Gasteiger partial charge is 0.209 e. The van der Waals surface area contributed by atoms with Crippen LogP contribution in [0.25, 0.3) is 0 Å². The van der Waals surface area contributed by atoms with E-state index in [1.54, 1.807) is 43.1 Å². The summed E-state index contributed by atoms with van der Waals surface area (Å²) < 4.78 is 5.97. The highest BCUT2D eigenvalue weighted by Gasteiger charge is 2.46. The molecule has 0 unspecified atom stereocenters. The van der Waals surface area contributed by atoms with Crippen molar-refractivity contribution in [2.45, 2.75) is 38.1 Å². The molecular formula is C21H21N5O2. The summed E-state index contributed by atoms with van der Waals surface area (Å²) in [5.74, 6) is 0.545. The minimum atomic E-state index is -0.981. The number of nitrogens with zero attached hydrogens (tertiary/aromatic N) is 4. The first-order chi connectivity index (χ1) is 13.4. The van der Waals surface area contributed by atoms with Crippen molar-refractivity contribution in [1.29, 1.82) is 10.5 Å². The minimum Gasteiger partial charge on any atom is -0.485 e. The van der Waals surface area contributed by atoms with E-state index in [0.717, 1.165) is 5.56 Å². The number of fused-ring (bicyclic) bond motifs is 1. The van der Waals surface area contributed by atoms with Crippen LogP contribution in [0, 0.1) is 22.8 Å². The van der Waals surface area contributed by atoms with Gasteiger partial charge < -0.3 is 20.5 Å². The van der Waals surface area contributed by atoms with Gasteiger partial charge in [0.1, 0.15) is 17.5 Å². The lowest BCUT2D eigenvalue weighted by molar-refractivity contribution is -0.0829. The molecule has 0 amide bonds. The Balaban J connectivity index is 2.16. The molecule has 0 saturated heterocycles. The van der Waals surface area contributed by atoms with Crippen LogP contribution in [0.5, 0.6) is 5.75 Å². The average Bonchev–Trinajstić information content (AvgIpc) is 2.68. The summed E-state index contributed by atoms with van der Waals surface area (Å²) in [5, 5.41) is 29.5. The third kappa shape index (κ3) is 3.62. The summed E-state index contributed by atoms with van der Waals surface area (Å²) in [5.41, 5.74) is 7.21. The van der Waals surface area contributed by atoms with Crippen molar-refractivity contribution >= 4 is 5.96 Å².